The highest BCUT2D eigenvalue weighted by atomic mass is 32.1. The highest BCUT2D eigenvalue weighted by Crippen LogP contribution is 2.04. The predicted octanol–water partition coefficient (Wildman–Crippen LogP) is 1.73. The molecule has 0 fully saturated rings. The largest absolute Gasteiger partial charge is 0.363 e. The molecule has 0 unspecified atom stereocenters. The standard InChI is InChI=1S/C8H12N2S2/c1-2-9-8(11)10-5-7-3-4-12-6-7/h3-4,6H,2,5H2,1H3,(H2,9,10,11). The summed E-state index contributed by atoms with van der Waals surface area (Å²) in [5, 5.41) is 11.0. The van der Waals surface area contributed by atoms with Crippen molar-refractivity contribution in [3.05, 3.63) is 22.4 Å². The molecular weight excluding hydrogens is 188 g/mol. The Morgan fingerprint density at radius 2 is 2.42 bits per heavy atom. The minimum absolute atomic E-state index is 0.726. The Morgan fingerprint density at radius 3 is 3.00 bits per heavy atom. The van der Waals surface area contributed by atoms with Gasteiger partial charge in [0.1, 0.15) is 0 Å². The lowest BCUT2D eigenvalue weighted by Gasteiger charge is -2.06. The molecule has 66 valence electrons. The highest BCUT2D eigenvalue weighted by Gasteiger charge is 1.94. The summed E-state index contributed by atoms with van der Waals surface area (Å²) in [5.41, 5.74) is 1.28. The molecule has 4 heteroatoms. The lowest BCUT2D eigenvalue weighted by molar-refractivity contribution is 0.857. The fourth-order valence-corrected chi connectivity index (χ4v) is 1.68. The summed E-state index contributed by atoms with van der Waals surface area (Å²) in [5.74, 6) is 0. The van der Waals surface area contributed by atoms with Crippen molar-refractivity contribution < 1.29 is 0 Å². The molecular formula is C8H12N2S2. The number of hydrogen-bond acceptors (Lipinski definition) is 2. The van der Waals surface area contributed by atoms with Crippen molar-refractivity contribution in [2.24, 2.45) is 0 Å². The zero-order valence-electron chi connectivity index (χ0n) is 6.96. The third-order valence-electron chi connectivity index (χ3n) is 1.37. The molecule has 0 amide bonds. The van der Waals surface area contributed by atoms with Crippen molar-refractivity contribution in [3.63, 3.8) is 0 Å². The van der Waals surface area contributed by atoms with E-state index in [2.05, 4.69) is 27.5 Å². The minimum Gasteiger partial charge on any atom is -0.363 e. The van der Waals surface area contributed by atoms with Crippen LogP contribution in [0.25, 0.3) is 0 Å². The van der Waals surface area contributed by atoms with E-state index < -0.39 is 0 Å². The van der Waals surface area contributed by atoms with Gasteiger partial charge in [-0.1, -0.05) is 0 Å². The molecule has 2 nitrogen and oxygen atoms in total. The van der Waals surface area contributed by atoms with Crippen LogP contribution < -0.4 is 10.6 Å². The van der Waals surface area contributed by atoms with E-state index in [1.165, 1.54) is 5.56 Å². The summed E-state index contributed by atoms with van der Waals surface area (Å²) >= 11 is 6.71. The molecule has 1 aromatic heterocycles. The Labute approximate surface area is 82.0 Å². The maximum Gasteiger partial charge on any atom is 0.166 e. The van der Waals surface area contributed by atoms with Crippen LogP contribution in [0.1, 0.15) is 12.5 Å². The Hall–Kier alpha value is -0.610. The van der Waals surface area contributed by atoms with Crippen molar-refractivity contribution in [2.75, 3.05) is 6.54 Å². The van der Waals surface area contributed by atoms with Gasteiger partial charge in [0.15, 0.2) is 5.11 Å². The molecule has 1 aromatic rings. The smallest absolute Gasteiger partial charge is 0.166 e. The van der Waals surface area contributed by atoms with Gasteiger partial charge in [-0.25, -0.2) is 0 Å². The van der Waals surface area contributed by atoms with Crippen LogP contribution in [0.5, 0.6) is 0 Å². The molecule has 1 rings (SSSR count). The van der Waals surface area contributed by atoms with Crippen LogP contribution in [0.4, 0.5) is 0 Å². The van der Waals surface area contributed by atoms with E-state index >= 15 is 0 Å². The molecule has 0 bridgehead atoms. The number of nitrogens with one attached hydrogen (secondary N) is 2. The average molecular weight is 200 g/mol. The van der Waals surface area contributed by atoms with E-state index in [1.54, 1.807) is 11.3 Å². The van der Waals surface area contributed by atoms with Crippen LogP contribution in [0.3, 0.4) is 0 Å². The van der Waals surface area contributed by atoms with Crippen LogP contribution in [0, 0.1) is 0 Å². The zero-order valence-corrected chi connectivity index (χ0v) is 8.60. The fraction of sp³-hybridized carbons (Fsp3) is 0.375. The lowest BCUT2D eigenvalue weighted by Crippen LogP contribution is -2.34. The third kappa shape index (κ3) is 3.19. The minimum atomic E-state index is 0.726. The molecule has 2 N–H and O–H groups in total. The van der Waals surface area contributed by atoms with Crippen molar-refractivity contribution >= 4 is 28.7 Å². The van der Waals surface area contributed by atoms with E-state index in [1.807, 2.05) is 6.92 Å². The van der Waals surface area contributed by atoms with Gasteiger partial charge in [-0.2, -0.15) is 11.3 Å². The molecule has 0 aliphatic heterocycles. The summed E-state index contributed by atoms with van der Waals surface area (Å²) in [6.07, 6.45) is 0. The van der Waals surface area contributed by atoms with Crippen molar-refractivity contribution in [2.45, 2.75) is 13.5 Å². The summed E-state index contributed by atoms with van der Waals surface area (Å²) in [6, 6.07) is 2.09. The molecule has 0 aromatic carbocycles. The lowest BCUT2D eigenvalue weighted by atomic mass is 10.3. The topological polar surface area (TPSA) is 24.1 Å². The zero-order chi connectivity index (χ0) is 8.81. The van der Waals surface area contributed by atoms with Gasteiger partial charge >= 0.3 is 0 Å². The Morgan fingerprint density at radius 1 is 1.58 bits per heavy atom. The first kappa shape index (κ1) is 9.48. The van der Waals surface area contributed by atoms with Crippen LogP contribution in [-0.4, -0.2) is 11.7 Å². The summed E-state index contributed by atoms with van der Waals surface area (Å²) in [4.78, 5) is 0. The van der Waals surface area contributed by atoms with E-state index in [0.717, 1.165) is 18.2 Å². The van der Waals surface area contributed by atoms with Gasteiger partial charge in [-0.05, 0) is 41.5 Å². The Bertz CT molecular complexity index is 231. The highest BCUT2D eigenvalue weighted by molar-refractivity contribution is 7.80. The molecule has 0 saturated heterocycles. The van der Waals surface area contributed by atoms with Crippen LogP contribution in [0.15, 0.2) is 16.8 Å². The second-order valence-electron chi connectivity index (χ2n) is 2.34. The van der Waals surface area contributed by atoms with Crippen LogP contribution in [-0.2, 0) is 6.54 Å². The van der Waals surface area contributed by atoms with Crippen molar-refractivity contribution in [3.8, 4) is 0 Å². The fourth-order valence-electron chi connectivity index (χ4n) is 0.799. The van der Waals surface area contributed by atoms with E-state index in [4.69, 9.17) is 12.2 Å². The summed E-state index contributed by atoms with van der Waals surface area (Å²) < 4.78 is 0. The molecule has 0 radical (unpaired) electrons. The molecule has 0 aliphatic rings. The monoisotopic (exact) mass is 200 g/mol. The van der Waals surface area contributed by atoms with Crippen LogP contribution >= 0.6 is 23.6 Å². The second-order valence-corrected chi connectivity index (χ2v) is 3.53. The number of hydrogen-bond donors (Lipinski definition) is 2. The van der Waals surface area contributed by atoms with Gasteiger partial charge in [0.05, 0.1) is 0 Å². The second kappa shape index (κ2) is 5.11. The maximum absolute atomic E-state index is 5.01. The predicted molar refractivity (Wildman–Crippen MR) is 57.4 cm³/mol. The van der Waals surface area contributed by atoms with Gasteiger partial charge < -0.3 is 10.6 Å². The number of thiophene rings is 1. The Balaban J connectivity index is 2.22. The van der Waals surface area contributed by atoms with Gasteiger partial charge in [0.25, 0.3) is 0 Å². The third-order valence-corrected chi connectivity index (χ3v) is 2.39. The molecule has 12 heavy (non-hydrogen) atoms. The normalized spacial score (nSPS) is 9.42. The van der Waals surface area contributed by atoms with Crippen LogP contribution in [0.2, 0.25) is 0 Å². The first-order valence-electron chi connectivity index (χ1n) is 3.85. The molecule has 0 saturated carbocycles. The molecule has 0 atom stereocenters. The molecule has 1 heterocycles. The van der Waals surface area contributed by atoms with Crippen molar-refractivity contribution in [1.29, 1.82) is 0 Å². The van der Waals surface area contributed by atoms with E-state index in [0.29, 0.717) is 0 Å². The quantitative estimate of drug-likeness (QED) is 0.727. The van der Waals surface area contributed by atoms with E-state index in [-0.39, 0.29) is 0 Å². The number of rotatable bonds is 3. The van der Waals surface area contributed by atoms with Gasteiger partial charge in [-0.3, -0.25) is 0 Å². The van der Waals surface area contributed by atoms with E-state index in [9.17, 15) is 0 Å². The first-order chi connectivity index (χ1) is 5.83. The summed E-state index contributed by atoms with van der Waals surface area (Å²) in [6.45, 7) is 3.71. The van der Waals surface area contributed by atoms with Gasteiger partial charge in [-0.15, -0.1) is 0 Å². The maximum atomic E-state index is 5.01. The Kier molecular flexibility index (Phi) is 4.04. The van der Waals surface area contributed by atoms with Gasteiger partial charge in [0, 0.05) is 13.1 Å². The summed E-state index contributed by atoms with van der Waals surface area (Å²) in [7, 11) is 0. The SMILES string of the molecule is CCNC(=S)NCc1ccsc1. The molecule has 0 aliphatic carbocycles. The van der Waals surface area contributed by atoms with Crippen molar-refractivity contribution in [1.82, 2.24) is 10.6 Å². The van der Waals surface area contributed by atoms with Gasteiger partial charge in [0.2, 0.25) is 0 Å². The average Bonchev–Trinajstić information content (AvgIpc) is 2.53. The molecule has 0 spiro atoms. The number of thiocarbonyl (C=S) groups is 1. The first-order valence-corrected chi connectivity index (χ1v) is 5.21.